The number of aryl methyl sites for hydroxylation is 1. The summed E-state index contributed by atoms with van der Waals surface area (Å²) in [5.74, 6) is 1.56. The SMILES string of the molecule is CC[C@@H](Oc1ccc2c(c1)[C@@H](c1ccc(C)cc1)N(C(=O)C1CC1)CC2)C(=O)NCc1ccco1. The number of rotatable bonds is 8. The molecule has 1 N–H and O–H groups in total. The lowest BCUT2D eigenvalue weighted by molar-refractivity contribution is -0.134. The van der Waals surface area contributed by atoms with Gasteiger partial charge >= 0.3 is 0 Å². The molecule has 3 aromatic rings. The maximum atomic E-state index is 13.2. The lowest BCUT2D eigenvalue weighted by atomic mass is 9.87. The van der Waals surface area contributed by atoms with Crippen molar-refractivity contribution in [3.8, 4) is 5.75 Å². The molecule has 2 aliphatic rings. The van der Waals surface area contributed by atoms with Gasteiger partial charge < -0.3 is 19.4 Å². The largest absolute Gasteiger partial charge is 0.481 e. The Morgan fingerprint density at radius 1 is 1.14 bits per heavy atom. The van der Waals surface area contributed by atoms with Crippen LogP contribution in [-0.4, -0.2) is 29.4 Å². The quantitative estimate of drug-likeness (QED) is 0.504. The van der Waals surface area contributed by atoms with Gasteiger partial charge in [-0.25, -0.2) is 0 Å². The lowest BCUT2D eigenvalue weighted by Crippen LogP contribution is -2.41. The van der Waals surface area contributed by atoms with Gasteiger partial charge in [0.2, 0.25) is 5.91 Å². The first-order valence-corrected chi connectivity index (χ1v) is 12.5. The second kappa shape index (κ2) is 9.98. The first kappa shape index (κ1) is 23.2. The molecule has 182 valence electrons. The van der Waals surface area contributed by atoms with Crippen molar-refractivity contribution >= 4 is 11.8 Å². The number of amides is 2. The molecule has 0 unspecified atom stereocenters. The highest BCUT2D eigenvalue weighted by Gasteiger charge is 2.39. The monoisotopic (exact) mass is 472 g/mol. The van der Waals surface area contributed by atoms with Gasteiger partial charge in [-0.2, -0.15) is 0 Å². The predicted molar refractivity (Wildman–Crippen MR) is 133 cm³/mol. The highest BCUT2D eigenvalue weighted by molar-refractivity contribution is 5.82. The number of nitrogens with zero attached hydrogens (tertiary/aromatic N) is 1. The number of furan rings is 1. The molecule has 0 saturated heterocycles. The number of benzene rings is 2. The number of hydrogen-bond acceptors (Lipinski definition) is 4. The highest BCUT2D eigenvalue weighted by atomic mass is 16.5. The molecule has 0 bridgehead atoms. The van der Waals surface area contributed by atoms with Crippen LogP contribution >= 0.6 is 0 Å². The number of carbonyl (C=O) groups excluding carboxylic acids is 2. The summed E-state index contributed by atoms with van der Waals surface area (Å²) >= 11 is 0. The van der Waals surface area contributed by atoms with Gasteiger partial charge in [0.05, 0.1) is 18.8 Å². The number of carbonyl (C=O) groups is 2. The van der Waals surface area contributed by atoms with Crippen molar-refractivity contribution in [2.45, 2.75) is 58.2 Å². The summed E-state index contributed by atoms with van der Waals surface area (Å²) in [6.07, 6.45) is 4.29. The van der Waals surface area contributed by atoms with Crippen LogP contribution in [0.1, 0.15) is 60.2 Å². The zero-order chi connectivity index (χ0) is 24.4. The van der Waals surface area contributed by atoms with Crippen molar-refractivity contribution in [2.24, 2.45) is 5.92 Å². The van der Waals surface area contributed by atoms with E-state index in [1.165, 1.54) is 11.1 Å². The van der Waals surface area contributed by atoms with E-state index in [9.17, 15) is 9.59 Å². The van der Waals surface area contributed by atoms with Crippen molar-refractivity contribution in [2.75, 3.05) is 6.54 Å². The van der Waals surface area contributed by atoms with Crippen LogP contribution in [-0.2, 0) is 22.6 Å². The minimum absolute atomic E-state index is 0.149. The van der Waals surface area contributed by atoms with E-state index in [-0.39, 0.29) is 23.8 Å². The zero-order valence-corrected chi connectivity index (χ0v) is 20.3. The summed E-state index contributed by atoms with van der Waals surface area (Å²) < 4.78 is 11.5. The highest BCUT2D eigenvalue weighted by Crippen LogP contribution is 2.41. The maximum Gasteiger partial charge on any atom is 0.261 e. The number of hydrogen-bond donors (Lipinski definition) is 1. The molecular formula is C29H32N2O4. The third kappa shape index (κ3) is 5.11. The number of ether oxygens (including phenoxy) is 1. The molecule has 6 nitrogen and oxygen atoms in total. The fraction of sp³-hybridized carbons (Fsp3) is 0.379. The van der Waals surface area contributed by atoms with E-state index in [0.29, 0.717) is 31.0 Å². The van der Waals surface area contributed by atoms with Crippen molar-refractivity contribution in [1.82, 2.24) is 10.2 Å². The Morgan fingerprint density at radius 3 is 2.63 bits per heavy atom. The van der Waals surface area contributed by atoms with Crippen LogP contribution in [0.25, 0.3) is 0 Å². The summed E-state index contributed by atoms with van der Waals surface area (Å²) in [4.78, 5) is 28.0. The first-order chi connectivity index (χ1) is 17.0. The van der Waals surface area contributed by atoms with Crippen LogP contribution in [0, 0.1) is 12.8 Å². The van der Waals surface area contributed by atoms with Crippen LogP contribution in [0.15, 0.2) is 65.3 Å². The molecule has 1 aliphatic carbocycles. The summed E-state index contributed by atoms with van der Waals surface area (Å²) in [7, 11) is 0. The Hall–Kier alpha value is -3.54. The zero-order valence-electron chi connectivity index (χ0n) is 20.3. The van der Waals surface area contributed by atoms with E-state index in [0.717, 1.165) is 30.4 Å². The molecule has 1 aromatic heterocycles. The molecule has 6 heteroatoms. The summed E-state index contributed by atoms with van der Waals surface area (Å²) in [5, 5.41) is 2.89. The van der Waals surface area contributed by atoms with Crippen LogP contribution in [0.4, 0.5) is 0 Å². The van der Waals surface area contributed by atoms with E-state index in [1.54, 1.807) is 12.3 Å². The van der Waals surface area contributed by atoms with Crippen molar-refractivity contribution < 1.29 is 18.7 Å². The Bertz CT molecular complexity index is 1180. The number of fused-ring (bicyclic) bond motifs is 1. The molecule has 0 spiro atoms. The molecule has 2 aromatic carbocycles. The molecule has 2 amide bonds. The summed E-state index contributed by atoms with van der Waals surface area (Å²) in [5.41, 5.74) is 4.59. The van der Waals surface area contributed by atoms with Gasteiger partial charge in [-0.15, -0.1) is 0 Å². The van der Waals surface area contributed by atoms with E-state index < -0.39 is 6.10 Å². The molecule has 35 heavy (non-hydrogen) atoms. The van der Waals surface area contributed by atoms with E-state index in [2.05, 4.69) is 42.6 Å². The molecule has 1 fully saturated rings. The van der Waals surface area contributed by atoms with Crippen LogP contribution in [0.5, 0.6) is 5.75 Å². The maximum absolute atomic E-state index is 13.2. The Labute approximate surface area is 206 Å². The van der Waals surface area contributed by atoms with Crippen LogP contribution < -0.4 is 10.1 Å². The van der Waals surface area contributed by atoms with Crippen LogP contribution in [0.3, 0.4) is 0 Å². The van der Waals surface area contributed by atoms with E-state index in [4.69, 9.17) is 9.15 Å². The van der Waals surface area contributed by atoms with Gasteiger partial charge in [0.15, 0.2) is 6.10 Å². The molecule has 1 saturated carbocycles. The molecule has 1 aliphatic heterocycles. The van der Waals surface area contributed by atoms with Gasteiger partial charge in [0.25, 0.3) is 5.91 Å². The average molecular weight is 473 g/mol. The van der Waals surface area contributed by atoms with Gasteiger partial charge in [0.1, 0.15) is 11.5 Å². The fourth-order valence-electron chi connectivity index (χ4n) is 4.76. The minimum atomic E-state index is -0.617. The molecular weight excluding hydrogens is 440 g/mol. The summed E-state index contributed by atoms with van der Waals surface area (Å²) in [6.45, 7) is 5.04. The minimum Gasteiger partial charge on any atom is -0.481 e. The standard InChI is InChI=1S/C29H32N2O4/c1-3-26(28(32)30-18-24-5-4-16-34-24)35-23-13-12-20-14-15-31(29(33)22-10-11-22)27(25(20)17-23)21-8-6-19(2)7-9-21/h4-9,12-13,16-17,22,26-27H,3,10-11,14-15,18H2,1-2H3,(H,30,32)/t26-,27-/m1/s1. The van der Waals surface area contributed by atoms with Crippen molar-refractivity contribution in [3.05, 3.63) is 88.9 Å². The van der Waals surface area contributed by atoms with Crippen molar-refractivity contribution in [3.63, 3.8) is 0 Å². The molecule has 0 radical (unpaired) electrons. The van der Waals surface area contributed by atoms with Crippen molar-refractivity contribution in [1.29, 1.82) is 0 Å². The van der Waals surface area contributed by atoms with E-state index >= 15 is 0 Å². The van der Waals surface area contributed by atoms with E-state index in [1.807, 2.05) is 30.0 Å². The second-order valence-corrected chi connectivity index (χ2v) is 9.54. The fourth-order valence-corrected chi connectivity index (χ4v) is 4.76. The second-order valence-electron chi connectivity index (χ2n) is 9.54. The van der Waals surface area contributed by atoms with Gasteiger partial charge in [-0.3, -0.25) is 9.59 Å². The average Bonchev–Trinajstić information content (AvgIpc) is 3.60. The molecule has 5 rings (SSSR count). The molecule has 2 heterocycles. The normalized spacial score (nSPS) is 18.0. The predicted octanol–water partition coefficient (Wildman–Crippen LogP) is 4.95. The summed E-state index contributed by atoms with van der Waals surface area (Å²) in [6, 6.07) is 17.9. The number of nitrogens with one attached hydrogen (secondary N) is 1. The Balaban J connectivity index is 1.40. The smallest absolute Gasteiger partial charge is 0.261 e. The molecule has 2 atom stereocenters. The van der Waals surface area contributed by atoms with Gasteiger partial charge in [-0.05, 0) is 73.6 Å². The lowest BCUT2D eigenvalue weighted by Gasteiger charge is -2.38. The van der Waals surface area contributed by atoms with Crippen LogP contribution in [0.2, 0.25) is 0 Å². The van der Waals surface area contributed by atoms with Gasteiger partial charge in [0, 0.05) is 12.5 Å². The van der Waals surface area contributed by atoms with Gasteiger partial charge in [-0.1, -0.05) is 42.8 Å². The Morgan fingerprint density at radius 2 is 1.94 bits per heavy atom. The third-order valence-electron chi connectivity index (χ3n) is 6.91. The Kier molecular flexibility index (Phi) is 6.62. The first-order valence-electron chi connectivity index (χ1n) is 12.5. The topological polar surface area (TPSA) is 71.8 Å². The third-order valence-corrected chi connectivity index (χ3v) is 6.91.